The maximum atomic E-state index is 13.4. The minimum Gasteiger partial charge on any atom is -0.368 e. The molecule has 2 N–H and O–H groups in total. The number of hydrogen-bond acceptors (Lipinski definition) is 3. The summed E-state index contributed by atoms with van der Waals surface area (Å²) in [7, 11) is 0. The predicted molar refractivity (Wildman–Crippen MR) is 128 cm³/mol. The van der Waals surface area contributed by atoms with Crippen LogP contribution in [0.15, 0.2) is 54.6 Å². The number of carbonyl (C=O) groups excluding carboxylic acids is 1. The molecule has 2 aromatic rings. The van der Waals surface area contributed by atoms with Crippen molar-refractivity contribution in [3.05, 3.63) is 77.4 Å². The second kappa shape index (κ2) is 10.6. The van der Waals surface area contributed by atoms with E-state index < -0.39 is 5.54 Å². The van der Waals surface area contributed by atoms with Crippen LogP contribution >= 0.6 is 0 Å². The highest BCUT2D eigenvalue weighted by atomic mass is 19.1. The number of rotatable bonds is 7. The number of halogens is 2. The Hall–Kier alpha value is -2.57. The Morgan fingerprint density at radius 3 is 1.85 bits per heavy atom. The maximum absolute atomic E-state index is 13.4. The largest absolute Gasteiger partial charge is 0.368 e. The minimum atomic E-state index is -0.500. The SMILES string of the molecule is NC(=O)C1(N2CCCCC2)CCN(CCC=C(c2ccc(F)cc2)c2ccc(F)cc2)CC1. The standard InChI is InChI=1S/C27H33F2N3O/c28-23-10-6-21(7-11-23)25(22-8-12-24(29)13-9-22)5-4-16-31-19-14-27(15-20-31,26(30)33)32-17-2-1-3-18-32/h5-13H,1-4,14-20H2,(H2,30,33). The van der Waals surface area contributed by atoms with E-state index in [2.05, 4.69) is 15.9 Å². The van der Waals surface area contributed by atoms with Gasteiger partial charge < -0.3 is 10.6 Å². The van der Waals surface area contributed by atoms with Crippen molar-refractivity contribution in [2.45, 2.75) is 44.1 Å². The van der Waals surface area contributed by atoms with Crippen molar-refractivity contribution in [2.75, 3.05) is 32.7 Å². The molecule has 4 rings (SSSR count). The quantitative estimate of drug-likeness (QED) is 0.667. The van der Waals surface area contributed by atoms with Crippen molar-refractivity contribution < 1.29 is 13.6 Å². The molecule has 2 aromatic carbocycles. The summed E-state index contributed by atoms with van der Waals surface area (Å²) in [5, 5.41) is 0. The number of amides is 1. The van der Waals surface area contributed by atoms with E-state index in [4.69, 9.17) is 5.73 Å². The van der Waals surface area contributed by atoms with E-state index >= 15 is 0 Å². The van der Waals surface area contributed by atoms with Crippen LogP contribution < -0.4 is 5.73 Å². The highest BCUT2D eigenvalue weighted by Crippen LogP contribution is 2.32. The van der Waals surface area contributed by atoms with E-state index in [0.29, 0.717) is 0 Å². The van der Waals surface area contributed by atoms with Crippen LogP contribution in [0.3, 0.4) is 0 Å². The predicted octanol–water partition coefficient (Wildman–Crippen LogP) is 4.59. The first kappa shape index (κ1) is 23.6. The number of piperidine rings is 2. The van der Waals surface area contributed by atoms with Gasteiger partial charge in [-0.05, 0) is 86.2 Å². The zero-order chi connectivity index (χ0) is 23.3. The van der Waals surface area contributed by atoms with Crippen LogP contribution in [0, 0.1) is 11.6 Å². The minimum absolute atomic E-state index is 0.182. The molecular formula is C27H33F2N3O. The Morgan fingerprint density at radius 2 is 1.36 bits per heavy atom. The van der Waals surface area contributed by atoms with Gasteiger partial charge in [-0.3, -0.25) is 9.69 Å². The molecule has 0 spiro atoms. The lowest BCUT2D eigenvalue weighted by Gasteiger charge is -2.48. The number of nitrogens with two attached hydrogens (primary N) is 1. The Balaban J connectivity index is 1.42. The van der Waals surface area contributed by atoms with E-state index in [1.165, 1.54) is 30.7 Å². The normalized spacial score (nSPS) is 19.2. The van der Waals surface area contributed by atoms with Crippen LogP contribution in [0.5, 0.6) is 0 Å². The van der Waals surface area contributed by atoms with Crippen LogP contribution in [-0.4, -0.2) is 54.0 Å². The molecule has 0 bridgehead atoms. The fourth-order valence-electron chi connectivity index (χ4n) is 5.24. The molecule has 0 aromatic heterocycles. The highest BCUT2D eigenvalue weighted by Gasteiger charge is 2.44. The molecule has 1 amide bonds. The van der Waals surface area contributed by atoms with E-state index in [1.54, 1.807) is 24.3 Å². The Labute approximate surface area is 195 Å². The Bertz CT molecular complexity index is 910. The number of carbonyl (C=O) groups is 1. The lowest BCUT2D eigenvalue weighted by Crippen LogP contribution is -2.63. The second-order valence-electron chi connectivity index (χ2n) is 9.21. The smallest absolute Gasteiger partial charge is 0.238 e. The summed E-state index contributed by atoms with van der Waals surface area (Å²) >= 11 is 0. The van der Waals surface area contributed by atoms with Gasteiger partial charge in [-0.1, -0.05) is 36.8 Å². The topological polar surface area (TPSA) is 49.6 Å². The second-order valence-corrected chi connectivity index (χ2v) is 9.21. The van der Waals surface area contributed by atoms with E-state index in [0.717, 1.165) is 81.5 Å². The van der Waals surface area contributed by atoms with Gasteiger partial charge in [0.15, 0.2) is 0 Å². The van der Waals surface area contributed by atoms with Gasteiger partial charge in [-0.25, -0.2) is 8.78 Å². The summed E-state index contributed by atoms with van der Waals surface area (Å²) < 4.78 is 26.9. The summed E-state index contributed by atoms with van der Waals surface area (Å²) in [6.07, 6.45) is 7.99. The highest BCUT2D eigenvalue weighted by molar-refractivity contribution is 5.85. The van der Waals surface area contributed by atoms with Crippen molar-refractivity contribution in [2.24, 2.45) is 5.73 Å². The Morgan fingerprint density at radius 1 is 0.848 bits per heavy atom. The van der Waals surface area contributed by atoms with Crippen LogP contribution in [0.1, 0.15) is 49.7 Å². The molecule has 0 unspecified atom stereocenters. The first-order valence-corrected chi connectivity index (χ1v) is 12.0. The molecule has 33 heavy (non-hydrogen) atoms. The number of hydrogen-bond donors (Lipinski definition) is 1. The lowest BCUT2D eigenvalue weighted by atomic mass is 9.83. The van der Waals surface area contributed by atoms with Gasteiger partial charge in [0.1, 0.15) is 17.2 Å². The molecule has 2 aliphatic rings. The molecule has 2 heterocycles. The van der Waals surface area contributed by atoms with Crippen molar-refractivity contribution in [3.8, 4) is 0 Å². The number of benzene rings is 2. The van der Waals surface area contributed by atoms with Crippen molar-refractivity contribution >= 4 is 11.5 Å². The van der Waals surface area contributed by atoms with Crippen molar-refractivity contribution in [1.29, 1.82) is 0 Å². The molecule has 2 saturated heterocycles. The molecule has 2 aliphatic heterocycles. The third-order valence-corrected chi connectivity index (χ3v) is 7.21. The third-order valence-electron chi connectivity index (χ3n) is 7.21. The molecule has 0 aliphatic carbocycles. The molecule has 4 nitrogen and oxygen atoms in total. The fourth-order valence-corrected chi connectivity index (χ4v) is 5.24. The lowest BCUT2D eigenvalue weighted by molar-refractivity contribution is -0.134. The molecule has 176 valence electrons. The molecule has 6 heteroatoms. The van der Waals surface area contributed by atoms with Gasteiger partial charge in [0.05, 0.1) is 0 Å². The zero-order valence-electron chi connectivity index (χ0n) is 19.1. The van der Waals surface area contributed by atoms with E-state index in [9.17, 15) is 13.6 Å². The van der Waals surface area contributed by atoms with Crippen LogP contribution in [0.2, 0.25) is 0 Å². The maximum Gasteiger partial charge on any atom is 0.238 e. The van der Waals surface area contributed by atoms with Crippen molar-refractivity contribution in [1.82, 2.24) is 9.80 Å². The summed E-state index contributed by atoms with van der Waals surface area (Å²) in [6.45, 7) is 4.47. The monoisotopic (exact) mass is 453 g/mol. The van der Waals surface area contributed by atoms with Gasteiger partial charge in [-0.2, -0.15) is 0 Å². The van der Waals surface area contributed by atoms with Crippen LogP contribution in [0.4, 0.5) is 8.78 Å². The Kier molecular flexibility index (Phi) is 7.56. The van der Waals surface area contributed by atoms with Gasteiger partial charge in [0.2, 0.25) is 5.91 Å². The van der Waals surface area contributed by atoms with Gasteiger partial charge in [0.25, 0.3) is 0 Å². The van der Waals surface area contributed by atoms with Gasteiger partial charge >= 0.3 is 0 Å². The average molecular weight is 454 g/mol. The molecule has 2 fully saturated rings. The van der Waals surface area contributed by atoms with Gasteiger partial charge in [-0.15, -0.1) is 0 Å². The zero-order valence-corrected chi connectivity index (χ0v) is 19.1. The van der Waals surface area contributed by atoms with Crippen LogP contribution in [0.25, 0.3) is 5.57 Å². The third kappa shape index (κ3) is 5.50. The number of nitrogens with zero attached hydrogens (tertiary/aromatic N) is 2. The van der Waals surface area contributed by atoms with E-state index in [1.807, 2.05) is 0 Å². The fraction of sp³-hybridized carbons (Fsp3) is 0.444. The average Bonchev–Trinajstić information content (AvgIpc) is 2.84. The summed E-state index contributed by atoms with van der Waals surface area (Å²) in [4.78, 5) is 17.2. The summed E-state index contributed by atoms with van der Waals surface area (Å²) in [5.41, 5.74) is 8.18. The first-order valence-electron chi connectivity index (χ1n) is 12.0. The number of likely N-dealkylation sites (tertiary alicyclic amines) is 2. The molecule has 0 saturated carbocycles. The summed E-state index contributed by atoms with van der Waals surface area (Å²) in [6, 6.07) is 12.8. The van der Waals surface area contributed by atoms with E-state index in [-0.39, 0.29) is 17.5 Å². The van der Waals surface area contributed by atoms with Crippen molar-refractivity contribution in [3.63, 3.8) is 0 Å². The molecular weight excluding hydrogens is 420 g/mol. The first-order chi connectivity index (χ1) is 16.0. The summed E-state index contributed by atoms with van der Waals surface area (Å²) in [5.74, 6) is -0.742. The molecule has 0 radical (unpaired) electrons. The number of primary amides is 1. The van der Waals surface area contributed by atoms with Crippen LogP contribution in [-0.2, 0) is 4.79 Å². The molecule has 0 atom stereocenters. The van der Waals surface area contributed by atoms with Gasteiger partial charge in [0, 0.05) is 19.6 Å².